The molecule has 1 unspecified atom stereocenters. The van der Waals surface area contributed by atoms with Gasteiger partial charge in [-0.25, -0.2) is 0 Å². The van der Waals surface area contributed by atoms with Crippen molar-refractivity contribution in [3.05, 3.63) is 17.5 Å². The van der Waals surface area contributed by atoms with E-state index >= 15 is 0 Å². The molecule has 0 N–H and O–H groups in total. The number of rotatable bonds is 2. The Morgan fingerprint density at radius 2 is 2.38 bits per heavy atom. The highest BCUT2D eigenvalue weighted by molar-refractivity contribution is 6.30. The predicted octanol–water partition coefficient (Wildman–Crippen LogP) is 1.18. The molecule has 0 radical (unpaired) electrons. The first-order valence-corrected chi connectivity index (χ1v) is 4.22. The highest BCUT2D eigenvalue weighted by Gasteiger charge is 2.21. The zero-order valence-electron chi connectivity index (χ0n) is 7.74. The molecule has 0 bridgehead atoms. The first-order valence-electron chi connectivity index (χ1n) is 3.78. The zero-order chi connectivity index (χ0) is 10.0. The molecule has 0 fully saturated rings. The molecule has 1 rings (SSSR count). The molecule has 1 heterocycles. The molecule has 1 aromatic heterocycles. The Labute approximate surface area is 81.4 Å². The van der Waals surface area contributed by atoms with Gasteiger partial charge in [-0.15, -0.1) is 11.6 Å². The van der Waals surface area contributed by atoms with Gasteiger partial charge in [0.1, 0.15) is 0 Å². The number of hydrogen-bond acceptors (Lipinski definition) is 3. The summed E-state index contributed by atoms with van der Waals surface area (Å²) in [5, 5.41) is 3.31. The van der Waals surface area contributed by atoms with E-state index in [0.717, 1.165) is 5.69 Å². The molecule has 0 spiro atoms. The standard InChI is InChI=1S/C8H11ClN2O2/c1-5-6(4-11(2)10-5)7(9)8(12)13-3/h4,7H,1-3H3. The smallest absolute Gasteiger partial charge is 0.328 e. The predicted molar refractivity (Wildman–Crippen MR) is 48.6 cm³/mol. The summed E-state index contributed by atoms with van der Waals surface area (Å²) < 4.78 is 6.14. The van der Waals surface area contributed by atoms with Gasteiger partial charge < -0.3 is 4.74 Å². The lowest BCUT2D eigenvalue weighted by Crippen LogP contribution is -2.08. The Morgan fingerprint density at radius 3 is 2.77 bits per heavy atom. The van der Waals surface area contributed by atoms with Crippen molar-refractivity contribution in [3.8, 4) is 0 Å². The first-order chi connectivity index (χ1) is 6.06. The van der Waals surface area contributed by atoms with Crippen LogP contribution in [0.1, 0.15) is 16.6 Å². The minimum Gasteiger partial charge on any atom is -0.468 e. The molecular weight excluding hydrogens is 192 g/mol. The van der Waals surface area contributed by atoms with E-state index in [1.54, 1.807) is 24.9 Å². The quantitative estimate of drug-likeness (QED) is 0.535. The number of carbonyl (C=O) groups is 1. The number of carbonyl (C=O) groups excluding carboxylic acids is 1. The minimum absolute atomic E-state index is 0.460. The van der Waals surface area contributed by atoms with E-state index in [-0.39, 0.29) is 0 Å². The minimum atomic E-state index is -0.765. The number of hydrogen-bond donors (Lipinski definition) is 0. The molecular formula is C8H11ClN2O2. The fourth-order valence-corrected chi connectivity index (χ4v) is 1.40. The maximum absolute atomic E-state index is 11.1. The summed E-state index contributed by atoms with van der Waals surface area (Å²) in [5.74, 6) is -0.460. The molecule has 0 saturated heterocycles. The van der Waals surface area contributed by atoms with Crippen molar-refractivity contribution in [2.24, 2.45) is 7.05 Å². The zero-order valence-corrected chi connectivity index (χ0v) is 8.50. The average molecular weight is 203 g/mol. The molecule has 13 heavy (non-hydrogen) atoms. The summed E-state index contributed by atoms with van der Waals surface area (Å²) in [5.41, 5.74) is 1.43. The van der Waals surface area contributed by atoms with Gasteiger partial charge in [-0.3, -0.25) is 9.48 Å². The molecule has 1 atom stereocenters. The molecule has 0 aliphatic heterocycles. The van der Waals surface area contributed by atoms with E-state index in [0.29, 0.717) is 5.56 Å². The SMILES string of the molecule is COC(=O)C(Cl)c1cn(C)nc1C. The van der Waals surface area contributed by atoms with Gasteiger partial charge in [0.2, 0.25) is 0 Å². The van der Waals surface area contributed by atoms with Crippen LogP contribution < -0.4 is 0 Å². The third-order valence-corrected chi connectivity index (χ3v) is 2.15. The third-order valence-electron chi connectivity index (χ3n) is 1.73. The summed E-state index contributed by atoms with van der Waals surface area (Å²) in [6, 6.07) is 0. The van der Waals surface area contributed by atoms with Crippen molar-refractivity contribution in [1.29, 1.82) is 0 Å². The molecule has 0 aliphatic rings. The molecule has 5 heteroatoms. The molecule has 0 aliphatic carbocycles. The number of aryl methyl sites for hydroxylation is 2. The first kappa shape index (κ1) is 10.1. The highest BCUT2D eigenvalue weighted by atomic mass is 35.5. The maximum Gasteiger partial charge on any atom is 0.328 e. The Bertz CT molecular complexity index is 322. The van der Waals surface area contributed by atoms with Crippen LogP contribution in [0.2, 0.25) is 0 Å². The van der Waals surface area contributed by atoms with Crippen molar-refractivity contribution in [3.63, 3.8) is 0 Å². The Balaban J connectivity index is 2.94. The number of ether oxygens (including phenoxy) is 1. The third kappa shape index (κ3) is 2.01. The number of nitrogens with zero attached hydrogens (tertiary/aromatic N) is 2. The van der Waals surface area contributed by atoms with E-state index in [9.17, 15) is 4.79 Å². The van der Waals surface area contributed by atoms with Gasteiger partial charge >= 0.3 is 5.97 Å². The van der Waals surface area contributed by atoms with Crippen LogP contribution in [-0.4, -0.2) is 22.9 Å². The highest BCUT2D eigenvalue weighted by Crippen LogP contribution is 2.23. The van der Waals surface area contributed by atoms with Crippen LogP contribution >= 0.6 is 11.6 Å². The van der Waals surface area contributed by atoms with E-state index in [4.69, 9.17) is 11.6 Å². The van der Waals surface area contributed by atoms with Gasteiger partial charge in [-0.05, 0) is 6.92 Å². The van der Waals surface area contributed by atoms with Crippen LogP contribution in [0.4, 0.5) is 0 Å². The van der Waals surface area contributed by atoms with Crippen LogP contribution in [0, 0.1) is 6.92 Å². The van der Waals surface area contributed by atoms with Gasteiger partial charge in [0.05, 0.1) is 12.8 Å². The van der Waals surface area contributed by atoms with Crippen LogP contribution in [0.5, 0.6) is 0 Å². The van der Waals surface area contributed by atoms with Gasteiger partial charge in [0, 0.05) is 18.8 Å². The van der Waals surface area contributed by atoms with E-state index in [1.807, 2.05) is 0 Å². The molecule has 1 aromatic rings. The van der Waals surface area contributed by atoms with Crippen LogP contribution in [-0.2, 0) is 16.6 Å². The van der Waals surface area contributed by atoms with Crippen LogP contribution in [0.15, 0.2) is 6.20 Å². The van der Waals surface area contributed by atoms with Crippen molar-refractivity contribution >= 4 is 17.6 Å². The number of esters is 1. The lowest BCUT2D eigenvalue weighted by molar-refractivity contribution is -0.140. The van der Waals surface area contributed by atoms with Gasteiger partial charge in [-0.1, -0.05) is 0 Å². The number of halogens is 1. The monoisotopic (exact) mass is 202 g/mol. The second kappa shape index (κ2) is 3.79. The van der Waals surface area contributed by atoms with Crippen molar-refractivity contribution in [2.45, 2.75) is 12.3 Å². The van der Waals surface area contributed by atoms with E-state index in [1.165, 1.54) is 7.11 Å². The summed E-state index contributed by atoms with van der Waals surface area (Å²) >= 11 is 5.85. The van der Waals surface area contributed by atoms with E-state index < -0.39 is 11.3 Å². The summed E-state index contributed by atoms with van der Waals surface area (Å²) in [6.07, 6.45) is 1.71. The normalized spacial score (nSPS) is 12.6. The molecule has 0 amide bonds. The van der Waals surface area contributed by atoms with Gasteiger partial charge in [-0.2, -0.15) is 5.10 Å². The van der Waals surface area contributed by atoms with Gasteiger partial charge in [0.25, 0.3) is 0 Å². The number of alkyl halides is 1. The second-order valence-electron chi connectivity index (χ2n) is 2.73. The molecule has 72 valence electrons. The maximum atomic E-state index is 11.1. The van der Waals surface area contributed by atoms with Crippen molar-refractivity contribution < 1.29 is 9.53 Å². The Hall–Kier alpha value is -1.03. The fourth-order valence-electron chi connectivity index (χ4n) is 1.10. The number of methoxy groups -OCH3 is 1. The Morgan fingerprint density at radius 1 is 1.77 bits per heavy atom. The van der Waals surface area contributed by atoms with Crippen LogP contribution in [0.25, 0.3) is 0 Å². The number of aromatic nitrogens is 2. The topological polar surface area (TPSA) is 44.1 Å². The van der Waals surface area contributed by atoms with Crippen molar-refractivity contribution in [2.75, 3.05) is 7.11 Å². The average Bonchev–Trinajstić information content (AvgIpc) is 2.42. The fraction of sp³-hybridized carbons (Fsp3) is 0.500. The van der Waals surface area contributed by atoms with Crippen LogP contribution in [0.3, 0.4) is 0 Å². The summed E-state index contributed by atoms with van der Waals surface area (Å²) in [7, 11) is 3.08. The second-order valence-corrected chi connectivity index (χ2v) is 3.17. The largest absolute Gasteiger partial charge is 0.468 e. The summed E-state index contributed by atoms with van der Waals surface area (Å²) in [6.45, 7) is 1.80. The lowest BCUT2D eigenvalue weighted by Gasteiger charge is -2.04. The lowest BCUT2D eigenvalue weighted by atomic mass is 10.2. The Kier molecular flexibility index (Phi) is 2.93. The molecule has 4 nitrogen and oxygen atoms in total. The molecule has 0 saturated carbocycles. The summed E-state index contributed by atoms with van der Waals surface area (Å²) in [4.78, 5) is 11.1. The van der Waals surface area contributed by atoms with E-state index in [2.05, 4.69) is 9.84 Å². The van der Waals surface area contributed by atoms with Gasteiger partial charge in [0.15, 0.2) is 5.38 Å². The molecule has 0 aromatic carbocycles. The van der Waals surface area contributed by atoms with Crippen molar-refractivity contribution in [1.82, 2.24) is 9.78 Å².